The normalized spacial score (nSPS) is 12.9. The summed E-state index contributed by atoms with van der Waals surface area (Å²) in [5.41, 5.74) is 3.19. The third-order valence-electron chi connectivity index (χ3n) is 3.00. The van der Waals surface area contributed by atoms with E-state index in [1.165, 1.54) is 11.3 Å². The Morgan fingerprint density at radius 3 is 3.16 bits per heavy atom. The summed E-state index contributed by atoms with van der Waals surface area (Å²) < 4.78 is 5.02. The van der Waals surface area contributed by atoms with Gasteiger partial charge in [0, 0.05) is 24.2 Å². The molecule has 3 rings (SSSR count). The van der Waals surface area contributed by atoms with Crippen LogP contribution in [0.25, 0.3) is 10.4 Å². The van der Waals surface area contributed by atoms with E-state index in [0.29, 0.717) is 11.6 Å². The number of esters is 1. The van der Waals surface area contributed by atoms with Gasteiger partial charge in [0.1, 0.15) is 0 Å². The molecule has 0 unspecified atom stereocenters. The molecule has 19 heavy (non-hydrogen) atoms. The van der Waals surface area contributed by atoms with Gasteiger partial charge in [0.15, 0.2) is 0 Å². The molecule has 0 aliphatic carbocycles. The lowest BCUT2D eigenvalue weighted by molar-refractivity contribution is 0.0525. The minimum Gasteiger partial charge on any atom is -0.461 e. The molecule has 1 aromatic carbocycles. The molecule has 0 radical (unpaired) electrons. The van der Waals surface area contributed by atoms with Crippen molar-refractivity contribution in [2.24, 2.45) is 0 Å². The minimum atomic E-state index is -0.328. The number of hydrogen-bond donors (Lipinski definition) is 1. The fraction of sp³-hybridized carbons (Fsp3) is 0.286. The maximum atomic E-state index is 11.8. The quantitative estimate of drug-likeness (QED) is 0.855. The van der Waals surface area contributed by atoms with Crippen molar-refractivity contribution in [1.29, 1.82) is 0 Å². The van der Waals surface area contributed by atoms with Gasteiger partial charge in [0.05, 0.1) is 17.2 Å². The highest BCUT2D eigenvalue weighted by Gasteiger charge is 2.22. The Bertz CT molecular complexity index is 622. The van der Waals surface area contributed by atoms with Crippen LogP contribution in [0, 0.1) is 0 Å². The van der Waals surface area contributed by atoms with E-state index in [1.54, 1.807) is 6.92 Å². The second-order valence-corrected chi connectivity index (χ2v) is 5.24. The van der Waals surface area contributed by atoms with Crippen molar-refractivity contribution in [3.63, 3.8) is 0 Å². The highest BCUT2D eigenvalue weighted by atomic mass is 32.1. The van der Waals surface area contributed by atoms with E-state index < -0.39 is 0 Å². The number of carbonyl (C=O) groups is 1. The number of fused-ring (bicyclic) bond motifs is 3. The topological polar surface area (TPSA) is 51.2 Å². The number of nitrogens with zero attached hydrogens (tertiary/aromatic N) is 1. The van der Waals surface area contributed by atoms with Crippen LogP contribution in [0.3, 0.4) is 0 Å². The van der Waals surface area contributed by atoms with Crippen molar-refractivity contribution in [2.75, 3.05) is 18.5 Å². The molecule has 0 spiro atoms. The third-order valence-corrected chi connectivity index (χ3v) is 4.11. The third kappa shape index (κ3) is 2.21. The molecule has 0 amide bonds. The average molecular weight is 274 g/mol. The van der Waals surface area contributed by atoms with E-state index in [1.807, 2.05) is 18.2 Å². The van der Waals surface area contributed by atoms with E-state index in [0.717, 1.165) is 34.8 Å². The highest BCUT2D eigenvalue weighted by Crippen LogP contribution is 2.37. The molecule has 98 valence electrons. The molecular formula is C14H14N2O2S. The van der Waals surface area contributed by atoms with Crippen LogP contribution in [-0.4, -0.2) is 24.1 Å². The summed E-state index contributed by atoms with van der Waals surface area (Å²) in [6.07, 6.45) is 0.819. The molecule has 2 aromatic rings. The molecule has 0 saturated carbocycles. The van der Waals surface area contributed by atoms with E-state index in [9.17, 15) is 4.79 Å². The van der Waals surface area contributed by atoms with Crippen molar-refractivity contribution < 1.29 is 9.53 Å². The maximum absolute atomic E-state index is 11.8. The van der Waals surface area contributed by atoms with Gasteiger partial charge in [-0.2, -0.15) is 0 Å². The molecule has 0 saturated heterocycles. The summed E-state index contributed by atoms with van der Waals surface area (Å²) >= 11 is 1.41. The summed E-state index contributed by atoms with van der Waals surface area (Å²) in [5, 5.41) is 3.83. The lowest BCUT2D eigenvalue weighted by atomic mass is 10.1. The molecule has 4 nitrogen and oxygen atoms in total. The number of para-hydroxylation sites is 1. The van der Waals surface area contributed by atoms with Crippen LogP contribution in [0.4, 0.5) is 5.69 Å². The van der Waals surface area contributed by atoms with Gasteiger partial charge >= 0.3 is 5.97 Å². The van der Waals surface area contributed by atoms with E-state index >= 15 is 0 Å². The zero-order chi connectivity index (χ0) is 13.2. The van der Waals surface area contributed by atoms with Crippen LogP contribution in [0.1, 0.15) is 22.4 Å². The summed E-state index contributed by atoms with van der Waals surface area (Å²) in [7, 11) is 0. The first kappa shape index (κ1) is 12.2. The van der Waals surface area contributed by atoms with E-state index in [4.69, 9.17) is 4.74 Å². The Labute approximate surface area is 115 Å². The SMILES string of the molecule is CCOC(=O)c1nc2c(s1)-c1ccccc1NCC2. The summed E-state index contributed by atoms with van der Waals surface area (Å²) in [6.45, 7) is 3.01. The molecule has 1 aliphatic rings. The number of ether oxygens (including phenoxy) is 1. The van der Waals surface area contributed by atoms with Crippen molar-refractivity contribution in [3.05, 3.63) is 35.0 Å². The molecular weight excluding hydrogens is 260 g/mol. The number of carbonyl (C=O) groups excluding carboxylic acids is 1. The van der Waals surface area contributed by atoms with Gasteiger partial charge in [0.25, 0.3) is 0 Å². The molecule has 1 aliphatic heterocycles. The molecule has 2 heterocycles. The molecule has 1 N–H and O–H groups in total. The van der Waals surface area contributed by atoms with Gasteiger partial charge in [0.2, 0.25) is 5.01 Å². The van der Waals surface area contributed by atoms with Gasteiger partial charge in [-0.15, -0.1) is 11.3 Å². The smallest absolute Gasteiger partial charge is 0.367 e. The highest BCUT2D eigenvalue weighted by molar-refractivity contribution is 7.17. The average Bonchev–Trinajstić information content (AvgIpc) is 2.77. The van der Waals surface area contributed by atoms with Crippen molar-refractivity contribution in [1.82, 2.24) is 4.98 Å². The van der Waals surface area contributed by atoms with Gasteiger partial charge < -0.3 is 10.1 Å². The zero-order valence-corrected chi connectivity index (χ0v) is 11.4. The Kier molecular flexibility index (Phi) is 3.21. The first-order valence-electron chi connectivity index (χ1n) is 6.29. The standard InChI is InChI=1S/C14H14N2O2S/c1-2-18-14(17)13-16-11-7-8-15-10-6-4-3-5-9(10)12(11)19-13/h3-6,15H,2,7-8H2,1H3. The van der Waals surface area contributed by atoms with Crippen molar-refractivity contribution >= 4 is 23.0 Å². The molecule has 0 bridgehead atoms. The fourth-order valence-electron chi connectivity index (χ4n) is 2.16. The van der Waals surface area contributed by atoms with Crippen LogP contribution in [0.15, 0.2) is 24.3 Å². The van der Waals surface area contributed by atoms with Crippen LogP contribution >= 0.6 is 11.3 Å². The minimum absolute atomic E-state index is 0.328. The Morgan fingerprint density at radius 2 is 2.32 bits per heavy atom. The zero-order valence-electron chi connectivity index (χ0n) is 10.6. The fourth-order valence-corrected chi connectivity index (χ4v) is 3.21. The van der Waals surface area contributed by atoms with Gasteiger partial charge in [-0.05, 0) is 13.0 Å². The summed E-state index contributed by atoms with van der Waals surface area (Å²) in [6, 6.07) is 8.11. The van der Waals surface area contributed by atoms with Crippen molar-refractivity contribution in [3.8, 4) is 10.4 Å². The second-order valence-electron chi connectivity index (χ2n) is 4.24. The molecule has 0 fully saturated rings. The predicted octanol–water partition coefficient (Wildman–Crippen LogP) is 2.95. The Morgan fingerprint density at radius 1 is 1.47 bits per heavy atom. The van der Waals surface area contributed by atoms with Gasteiger partial charge in [-0.3, -0.25) is 0 Å². The number of anilines is 1. The summed E-state index contributed by atoms with van der Waals surface area (Å²) in [4.78, 5) is 17.3. The number of hydrogen-bond acceptors (Lipinski definition) is 5. The Hall–Kier alpha value is -1.88. The van der Waals surface area contributed by atoms with E-state index in [2.05, 4.69) is 16.4 Å². The van der Waals surface area contributed by atoms with Gasteiger partial charge in [-0.25, -0.2) is 9.78 Å². The number of thiazole rings is 1. The number of benzene rings is 1. The monoisotopic (exact) mass is 274 g/mol. The van der Waals surface area contributed by atoms with Crippen LogP contribution in [0.2, 0.25) is 0 Å². The first-order chi connectivity index (χ1) is 9.29. The first-order valence-corrected chi connectivity index (χ1v) is 7.11. The predicted molar refractivity (Wildman–Crippen MR) is 75.7 cm³/mol. The lowest BCUT2D eigenvalue weighted by Crippen LogP contribution is -2.06. The van der Waals surface area contributed by atoms with E-state index in [-0.39, 0.29) is 5.97 Å². The van der Waals surface area contributed by atoms with Crippen LogP contribution in [0.5, 0.6) is 0 Å². The molecule has 5 heteroatoms. The van der Waals surface area contributed by atoms with Crippen LogP contribution < -0.4 is 5.32 Å². The van der Waals surface area contributed by atoms with Crippen LogP contribution in [-0.2, 0) is 11.2 Å². The number of rotatable bonds is 2. The number of aromatic nitrogens is 1. The molecule has 1 aromatic heterocycles. The second kappa shape index (κ2) is 5.01. The van der Waals surface area contributed by atoms with Gasteiger partial charge in [-0.1, -0.05) is 18.2 Å². The number of nitrogens with one attached hydrogen (secondary N) is 1. The lowest BCUT2D eigenvalue weighted by Gasteiger charge is -2.05. The summed E-state index contributed by atoms with van der Waals surface area (Å²) in [5.74, 6) is -0.328. The maximum Gasteiger partial charge on any atom is 0.367 e. The largest absolute Gasteiger partial charge is 0.461 e. The molecule has 0 atom stereocenters. The van der Waals surface area contributed by atoms with Crippen molar-refractivity contribution in [2.45, 2.75) is 13.3 Å². The Balaban J connectivity index is 2.06.